The number of benzene rings is 3. The van der Waals surface area contributed by atoms with Crippen LogP contribution in [-0.4, -0.2) is 25.5 Å². The molecule has 4 aromatic rings. The quantitative estimate of drug-likeness (QED) is 0.294. The number of hydrogen-bond acceptors (Lipinski definition) is 3. The van der Waals surface area contributed by atoms with E-state index in [1.165, 1.54) is 42.8 Å². The highest BCUT2D eigenvalue weighted by atomic mass is 32.1. The van der Waals surface area contributed by atoms with Crippen molar-refractivity contribution in [2.45, 2.75) is 38.9 Å². The third-order valence-corrected chi connectivity index (χ3v) is 7.98. The van der Waals surface area contributed by atoms with Gasteiger partial charge >= 0.3 is 0 Å². The summed E-state index contributed by atoms with van der Waals surface area (Å²) in [6.07, 6.45) is 0.951. The van der Waals surface area contributed by atoms with Gasteiger partial charge in [0.05, 0.1) is 12.7 Å². The van der Waals surface area contributed by atoms with E-state index >= 15 is 0 Å². The highest BCUT2D eigenvalue weighted by molar-refractivity contribution is 7.22. The Hall–Kier alpha value is -2.53. The first-order valence-corrected chi connectivity index (χ1v) is 12.4. The van der Waals surface area contributed by atoms with Crippen molar-refractivity contribution in [2.75, 3.05) is 20.6 Å². The van der Waals surface area contributed by atoms with Gasteiger partial charge in [0.2, 0.25) is 0 Å². The maximum atomic E-state index is 13.6. The summed E-state index contributed by atoms with van der Waals surface area (Å²) in [5.41, 5.74) is 7.59. The van der Waals surface area contributed by atoms with Gasteiger partial charge in [0, 0.05) is 15.5 Å². The molecule has 1 aliphatic rings. The van der Waals surface area contributed by atoms with E-state index in [0.29, 0.717) is 6.61 Å². The molecule has 0 saturated carbocycles. The molecule has 4 heteroatoms. The highest BCUT2D eigenvalue weighted by Crippen LogP contribution is 2.45. The fourth-order valence-corrected chi connectivity index (χ4v) is 5.95. The van der Waals surface area contributed by atoms with E-state index in [1.54, 1.807) is 12.1 Å². The predicted molar refractivity (Wildman–Crippen MR) is 137 cm³/mol. The number of rotatable bonds is 6. The van der Waals surface area contributed by atoms with Gasteiger partial charge in [-0.2, -0.15) is 0 Å². The van der Waals surface area contributed by atoms with Gasteiger partial charge in [0.25, 0.3) is 0 Å². The van der Waals surface area contributed by atoms with Gasteiger partial charge in [-0.1, -0.05) is 30.3 Å². The van der Waals surface area contributed by atoms with Crippen LogP contribution in [0.25, 0.3) is 20.5 Å². The smallest absolute Gasteiger partial charge is 0.123 e. The van der Waals surface area contributed by atoms with Crippen molar-refractivity contribution in [2.24, 2.45) is 0 Å². The molecule has 0 radical (unpaired) electrons. The zero-order chi connectivity index (χ0) is 23.1. The van der Waals surface area contributed by atoms with Crippen molar-refractivity contribution in [3.8, 4) is 10.4 Å². The van der Waals surface area contributed by atoms with Crippen LogP contribution in [0.15, 0.2) is 60.7 Å². The van der Waals surface area contributed by atoms with Crippen LogP contribution in [0.1, 0.15) is 46.3 Å². The van der Waals surface area contributed by atoms with Crippen LogP contribution in [0.2, 0.25) is 0 Å². The molecule has 2 heterocycles. The summed E-state index contributed by atoms with van der Waals surface area (Å²) in [5.74, 6) is -0.00779. The van der Waals surface area contributed by atoms with Crippen LogP contribution in [-0.2, 0) is 11.3 Å². The second-order valence-corrected chi connectivity index (χ2v) is 10.6. The lowest BCUT2D eigenvalue weighted by Gasteiger charge is -2.26. The van der Waals surface area contributed by atoms with Crippen molar-refractivity contribution in [3.63, 3.8) is 0 Å². The fraction of sp³-hybridized carbons (Fsp3) is 0.310. The first kappa shape index (κ1) is 22.3. The van der Waals surface area contributed by atoms with E-state index in [1.807, 2.05) is 23.5 Å². The molecular weight excluding hydrogens is 429 g/mol. The number of halogens is 1. The topological polar surface area (TPSA) is 12.5 Å². The van der Waals surface area contributed by atoms with Crippen molar-refractivity contribution in [1.82, 2.24) is 4.90 Å². The largest absolute Gasteiger partial charge is 0.368 e. The lowest BCUT2D eigenvalue weighted by molar-refractivity contribution is 0.0420. The minimum atomic E-state index is -0.198. The van der Waals surface area contributed by atoms with Crippen molar-refractivity contribution in [3.05, 3.63) is 94.3 Å². The average Bonchev–Trinajstić information content (AvgIpc) is 3.39. The lowest BCUT2D eigenvalue weighted by Crippen LogP contribution is -2.19. The molecule has 1 aromatic heterocycles. The van der Waals surface area contributed by atoms with Crippen LogP contribution in [0.4, 0.5) is 4.39 Å². The molecule has 0 amide bonds. The zero-order valence-electron chi connectivity index (χ0n) is 19.7. The van der Waals surface area contributed by atoms with Crippen LogP contribution < -0.4 is 0 Å². The summed E-state index contributed by atoms with van der Waals surface area (Å²) in [7, 11) is 4.18. The predicted octanol–water partition coefficient (Wildman–Crippen LogP) is 7.63. The summed E-state index contributed by atoms with van der Waals surface area (Å²) in [6, 6.07) is 20.6. The number of ether oxygens (including phenoxy) is 1. The number of nitrogens with zero attached hydrogens (tertiary/aromatic N) is 1. The maximum absolute atomic E-state index is 13.6. The Bertz CT molecular complexity index is 1250. The average molecular weight is 460 g/mol. The van der Waals surface area contributed by atoms with E-state index in [2.05, 4.69) is 69.2 Å². The Labute approximate surface area is 199 Å². The Kier molecular flexibility index (Phi) is 6.09. The molecule has 2 atom stereocenters. The number of thiophene rings is 1. The SMILES string of the molecule is Cc1cc2cc(-c3ccc4c(c3)COC4C(CCN(C)C)c3ccc(F)cc3)sc2cc1C. The zero-order valence-corrected chi connectivity index (χ0v) is 20.5. The second kappa shape index (κ2) is 9.02. The van der Waals surface area contributed by atoms with Gasteiger partial charge in [-0.15, -0.1) is 11.3 Å². The normalized spacial score (nSPS) is 16.5. The molecule has 0 bridgehead atoms. The van der Waals surface area contributed by atoms with Crippen LogP contribution in [0.5, 0.6) is 0 Å². The van der Waals surface area contributed by atoms with Gasteiger partial charge < -0.3 is 9.64 Å². The van der Waals surface area contributed by atoms with E-state index in [0.717, 1.165) is 18.5 Å². The molecule has 2 nitrogen and oxygen atoms in total. The Morgan fingerprint density at radius 3 is 2.52 bits per heavy atom. The van der Waals surface area contributed by atoms with Gasteiger partial charge in [-0.3, -0.25) is 0 Å². The van der Waals surface area contributed by atoms with Gasteiger partial charge in [-0.25, -0.2) is 4.39 Å². The van der Waals surface area contributed by atoms with E-state index in [-0.39, 0.29) is 17.8 Å². The molecular formula is C29H30FNOS. The summed E-state index contributed by atoms with van der Waals surface area (Å²) in [6.45, 7) is 5.92. The molecule has 170 valence electrons. The minimum absolute atomic E-state index is 0.00725. The monoisotopic (exact) mass is 459 g/mol. The number of hydrogen-bond donors (Lipinski definition) is 0. The molecule has 1 aliphatic heterocycles. The molecule has 0 spiro atoms. The van der Waals surface area contributed by atoms with E-state index in [4.69, 9.17) is 4.74 Å². The van der Waals surface area contributed by atoms with E-state index < -0.39 is 0 Å². The molecule has 3 aromatic carbocycles. The summed E-state index contributed by atoms with van der Waals surface area (Å²) >= 11 is 1.85. The fourth-order valence-electron chi connectivity index (χ4n) is 4.81. The standard InChI is InChI=1S/C29H30FNOS/c1-18-13-22-16-28(33-27(22)14-19(18)2)21-7-10-25-23(15-21)17-32-29(25)26(11-12-31(3)4)20-5-8-24(30)9-6-20/h5-10,13-16,26,29H,11-12,17H2,1-4H3. The number of aryl methyl sites for hydroxylation is 2. The molecule has 0 fully saturated rings. The second-order valence-electron chi connectivity index (χ2n) is 9.48. The van der Waals surface area contributed by atoms with Gasteiger partial charge in [-0.05, 0) is 110 Å². The Morgan fingerprint density at radius 2 is 1.76 bits per heavy atom. The summed E-state index contributed by atoms with van der Waals surface area (Å²) < 4.78 is 21.3. The summed E-state index contributed by atoms with van der Waals surface area (Å²) in [4.78, 5) is 3.49. The van der Waals surface area contributed by atoms with Crippen LogP contribution in [0, 0.1) is 19.7 Å². The maximum Gasteiger partial charge on any atom is 0.123 e. The Morgan fingerprint density at radius 1 is 1.00 bits per heavy atom. The van der Waals surface area contributed by atoms with Crippen molar-refractivity contribution in [1.29, 1.82) is 0 Å². The minimum Gasteiger partial charge on any atom is -0.368 e. The first-order valence-electron chi connectivity index (χ1n) is 11.5. The molecule has 2 unspecified atom stereocenters. The number of fused-ring (bicyclic) bond motifs is 2. The third kappa shape index (κ3) is 4.48. The summed E-state index contributed by atoms with van der Waals surface area (Å²) in [5, 5.41) is 1.31. The van der Waals surface area contributed by atoms with Gasteiger partial charge in [0.15, 0.2) is 0 Å². The van der Waals surface area contributed by atoms with Gasteiger partial charge in [0.1, 0.15) is 5.82 Å². The molecule has 0 N–H and O–H groups in total. The molecule has 5 rings (SSSR count). The first-order chi connectivity index (χ1) is 15.9. The van der Waals surface area contributed by atoms with Crippen LogP contribution >= 0.6 is 11.3 Å². The van der Waals surface area contributed by atoms with Crippen LogP contribution in [0.3, 0.4) is 0 Å². The third-order valence-electron chi connectivity index (χ3n) is 6.84. The molecule has 33 heavy (non-hydrogen) atoms. The Balaban J connectivity index is 1.47. The van der Waals surface area contributed by atoms with E-state index in [9.17, 15) is 4.39 Å². The molecule has 0 aliphatic carbocycles. The highest BCUT2D eigenvalue weighted by Gasteiger charge is 2.32. The van der Waals surface area contributed by atoms with Crippen molar-refractivity contribution < 1.29 is 9.13 Å². The van der Waals surface area contributed by atoms with Crippen molar-refractivity contribution >= 4 is 21.4 Å². The molecule has 0 saturated heterocycles. The lowest BCUT2D eigenvalue weighted by atomic mass is 9.85.